The van der Waals surface area contributed by atoms with Crippen molar-refractivity contribution in [2.45, 2.75) is 59.7 Å². The van der Waals surface area contributed by atoms with Gasteiger partial charge in [-0.1, -0.05) is 52.0 Å². The van der Waals surface area contributed by atoms with Crippen molar-refractivity contribution in [3.05, 3.63) is 35.4 Å². The predicted octanol–water partition coefficient (Wildman–Crippen LogP) is 3.34. The van der Waals surface area contributed by atoms with Crippen LogP contribution >= 0.6 is 12.4 Å². The summed E-state index contributed by atoms with van der Waals surface area (Å²) in [7, 11) is 0. The topological polar surface area (TPSA) is 44.4 Å². The van der Waals surface area contributed by atoms with Crippen molar-refractivity contribution in [2.75, 3.05) is 19.6 Å². The minimum atomic E-state index is -0.0896. The van der Waals surface area contributed by atoms with E-state index in [0.717, 1.165) is 44.6 Å². The number of nitrogens with zero attached hydrogens (tertiary/aromatic N) is 1. The zero-order chi connectivity index (χ0) is 17.6. The molecule has 0 aromatic heterocycles. The molecule has 0 spiro atoms. The normalized spacial score (nSPS) is 19.3. The fourth-order valence-electron chi connectivity index (χ4n) is 3.42. The van der Waals surface area contributed by atoms with E-state index in [1.165, 1.54) is 5.56 Å². The summed E-state index contributed by atoms with van der Waals surface area (Å²) in [6.07, 6.45) is 2.24. The van der Waals surface area contributed by atoms with Gasteiger partial charge in [0.25, 0.3) is 0 Å². The van der Waals surface area contributed by atoms with Gasteiger partial charge in [0.1, 0.15) is 0 Å². The van der Waals surface area contributed by atoms with Crippen LogP contribution in [0.25, 0.3) is 0 Å². The molecule has 1 saturated heterocycles. The minimum Gasteiger partial charge on any atom is -0.351 e. The molecular weight excluding hydrogens is 334 g/mol. The molecule has 1 aromatic rings. The zero-order valence-electron chi connectivity index (χ0n) is 16.1. The molecule has 1 aliphatic rings. The highest BCUT2D eigenvalue weighted by Crippen LogP contribution is 2.30. The highest BCUT2D eigenvalue weighted by Gasteiger charge is 2.36. The molecule has 1 amide bonds. The van der Waals surface area contributed by atoms with Crippen molar-refractivity contribution < 1.29 is 4.79 Å². The number of carbonyl (C=O) groups excluding carboxylic acids is 1. The Morgan fingerprint density at radius 3 is 2.36 bits per heavy atom. The van der Waals surface area contributed by atoms with Crippen LogP contribution in [0.4, 0.5) is 0 Å². The molecule has 1 aromatic carbocycles. The van der Waals surface area contributed by atoms with E-state index in [9.17, 15) is 4.79 Å². The van der Waals surface area contributed by atoms with Crippen molar-refractivity contribution in [3.8, 4) is 0 Å². The van der Waals surface area contributed by atoms with E-state index in [1.54, 1.807) is 0 Å². The summed E-state index contributed by atoms with van der Waals surface area (Å²) >= 11 is 0. The van der Waals surface area contributed by atoms with Gasteiger partial charge in [-0.05, 0) is 49.0 Å². The second kappa shape index (κ2) is 10.1. The van der Waals surface area contributed by atoms with E-state index in [4.69, 9.17) is 0 Å². The first-order valence-corrected chi connectivity index (χ1v) is 9.27. The Hall–Kier alpha value is -1.10. The molecule has 0 radical (unpaired) electrons. The van der Waals surface area contributed by atoms with Gasteiger partial charge in [0.05, 0.1) is 6.04 Å². The van der Waals surface area contributed by atoms with Crippen LogP contribution in [0.2, 0.25) is 0 Å². The summed E-state index contributed by atoms with van der Waals surface area (Å²) in [5.74, 6) is 0.118. The fourth-order valence-corrected chi connectivity index (χ4v) is 3.42. The number of hydrogen-bond donors (Lipinski definition) is 2. The summed E-state index contributed by atoms with van der Waals surface area (Å²) in [5.41, 5.74) is 2.50. The lowest BCUT2D eigenvalue weighted by Gasteiger charge is -2.38. The Morgan fingerprint density at radius 1 is 1.20 bits per heavy atom. The zero-order valence-corrected chi connectivity index (χ0v) is 16.9. The number of amides is 1. The second-order valence-corrected chi connectivity index (χ2v) is 7.47. The predicted molar refractivity (Wildman–Crippen MR) is 107 cm³/mol. The Morgan fingerprint density at radius 2 is 1.80 bits per heavy atom. The molecule has 25 heavy (non-hydrogen) atoms. The van der Waals surface area contributed by atoms with Crippen molar-refractivity contribution in [2.24, 2.45) is 5.41 Å². The van der Waals surface area contributed by atoms with E-state index >= 15 is 0 Å². The summed E-state index contributed by atoms with van der Waals surface area (Å²) in [4.78, 5) is 14.9. The second-order valence-electron chi connectivity index (χ2n) is 7.47. The summed E-state index contributed by atoms with van der Waals surface area (Å²) in [6, 6.07) is 8.50. The van der Waals surface area contributed by atoms with Gasteiger partial charge in [0.2, 0.25) is 5.91 Å². The third kappa shape index (κ3) is 6.28. The number of nitrogens with one attached hydrogen (secondary N) is 2. The largest absolute Gasteiger partial charge is 0.351 e. The molecule has 0 aliphatic carbocycles. The average Bonchev–Trinajstić information content (AvgIpc) is 2.58. The molecular formula is C20H34ClN3O. The molecule has 0 bridgehead atoms. The maximum Gasteiger partial charge on any atom is 0.237 e. The Balaban J connectivity index is 0.00000312. The van der Waals surface area contributed by atoms with E-state index in [1.807, 2.05) is 0 Å². The van der Waals surface area contributed by atoms with Crippen LogP contribution < -0.4 is 10.6 Å². The lowest BCUT2D eigenvalue weighted by atomic mass is 9.77. The van der Waals surface area contributed by atoms with E-state index in [0.29, 0.717) is 6.54 Å². The van der Waals surface area contributed by atoms with Crippen molar-refractivity contribution >= 4 is 18.3 Å². The average molecular weight is 368 g/mol. The van der Waals surface area contributed by atoms with E-state index < -0.39 is 0 Å². The first-order chi connectivity index (χ1) is 11.5. The molecule has 0 saturated carbocycles. The Labute approximate surface area is 159 Å². The lowest BCUT2D eigenvalue weighted by Crippen LogP contribution is -2.55. The number of rotatable bonds is 7. The first-order valence-electron chi connectivity index (χ1n) is 9.27. The summed E-state index contributed by atoms with van der Waals surface area (Å²) in [6.45, 7) is 13.4. The molecule has 1 heterocycles. The quantitative estimate of drug-likeness (QED) is 0.776. The molecule has 2 N–H and O–H groups in total. The fraction of sp³-hybridized carbons (Fsp3) is 0.650. The molecule has 5 heteroatoms. The van der Waals surface area contributed by atoms with Gasteiger partial charge in [-0.3, -0.25) is 9.69 Å². The van der Waals surface area contributed by atoms with Crippen LogP contribution in [0.3, 0.4) is 0 Å². The Bertz CT molecular complexity index is 526. The third-order valence-electron chi connectivity index (χ3n) is 5.18. The molecule has 1 unspecified atom stereocenters. The standard InChI is InChI=1S/C20H33N3O.ClH/c1-5-23(6-2)15-17-10-8-16(9-11-17)14-22-19(24)18-20(3,4)12-7-13-21-18;/h8-11,18,21H,5-7,12-15H2,1-4H3,(H,22,24);1H. The first kappa shape index (κ1) is 21.9. The van der Waals surface area contributed by atoms with Crippen molar-refractivity contribution in [1.82, 2.24) is 15.5 Å². The van der Waals surface area contributed by atoms with Crippen LogP contribution in [-0.2, 0) is 17.9 Å². The molecule has 1 fully saturated rings. The van der Waals surface area contributed by atoms with Gasteiger partial charge in [-0.15, -0.1) is 12.4 Å². The number of halogens is 1. The van der Waals surface area contributed by atoms with Crippen LogP contribution in [0.15, 0.2) is 24.3 Å². The van der Waals surface area contributed by atoms with Gasteiger partial charge in [-0.25, -0.2) is 0 Å². The van der Waals surface area contributed by atoms with Crippen LogP contribution in [0.1, 0.15) is 51.7 Å². The van der Waals surface area contributed by atoms with E-state index in [-0.39, 0.29) is 29.8 Å². The monoisotopic (exact) mass is 367 g/mol. The molecule has 4 nitrogen and oxygen atoms in total. The lowest BCUT2D eigenvalue weighted by molar-refractivity contribution is -0.126. The van der Waals surface area contributed by atoms with Gasteiger partial charge in [-0.2, -0.15) is 0 Å². The maximum absolute atomic E-state index is 12.5. The van der Waals surface area contributed by atoms with Crippen LogP contribution in [0, 0.1) is 5.41 Å². The maximum atomic E-state index is 12.5. The number of carbonyl (C=O) groups is 1. The van der Waals surface area contributed by atoms with Crippen molar-refractivity contribution in [1.29, 1.82) is 0 Å². The van der Waals surface area contributed by atoms with Gasteiger partial charge in [0, 0.05) is 13.1 Å². The summed E-state index contributed by atoms with van der Waals surface area (Å²) < 4.78 is 0. The smallest absolute Gasteiger partial charge is 0.237 e. The molecule has 142 valence electrons. The van der Waals surface area contributed by atoms with Crippen LogP contribution in [-0.4, -0.2) is 36.5 Å². The Kier molecular flexibility index (Phi) is 8.91. The highest BCUT2D eigenvalue weighted by molar-refractivity contribution is 5.85. The van der Waals surface area contributed by atoms with E-state index in [2.05, 4.69) is 67.5 Å². The SMILES string of the molecule is CCN(CC)Cc1ccc(CNC(=O)C2NCCCC2(C)C)cc1.Cl. The highest BCUT2D eigenvalue weighted by atomic mass is 35.5. The van der Waals surface area contributed by atoms with Gasteiger partial charge in [0.15, 0.2) is 0 Å². The van der Waals surface area contributed by atoms with Gasteiger partial charge < -0.3 is 10.6 Å². The third-order valence-corrected chi connectivity index (χ3v) is 5.18. The molecule has 1 aliphatic heterocycles. The number of hydrogen-bond acceptors (Lipinski definition) is 3. The van der Waals surface area contributed by atoms with Crippen molar-refractivity contribution in [3.63, 3.8) is 0 Å². The molecule has 1 atom stereocenters. The van der Waals surface area contributed by atoms with Crippen LogP contribution in [0.5, 0.6) is 0 Å². The summed E-state index contributed by atoms with van der Waals surface area (Å²) in [5, 5.41) is 6.47. The molecule has 2 rings (SSSR count). The minimum absolute atomic E-state index is 0. The van der Waals surface area contributed by atoms with Gasteiger partial charge >= 0.3 is 0 Å². The number of benzene rings is 1. The number of piperidine rings is 1.